The van der Waals surface area contributed by atoms with Gasteiger partial charge in [0.25, 0.3) is 0 Å². The summed E-state index contributed by atoms with van der Waals surface area (Å²) in [5.41, 5.74) is 5.68. The molecule has 0 unspecified atom stereocenters. The number of alkyl halides is 3. The fraction of sp³-hybridized carbons (Fsp3) is 0.0769. The number of benzene rings is 1. The number of nitrogen functional groups attached to an aromatic ring is 1. The molecular formula is C13H8F3N3. The Hall–Kier alpha value is -2.55. The number of anilines is 1. The number of hydrogen-bond donors (Lipinski definition) is 1. The van der Waals surface area contributed by atoms with Crippen LogP contribution in [0.3, 0.4) is 0 Å². The van der Waals surface area contributed by atoms with Crippen molar-refractivity contribution in [1.82, 2.24) is 4.98 Å². The Balaban J connectivity index is 2.51. The van der Waals surface area contributed by atoms with E-state index in [1.54, 1.807) is 0 Å². The molecule has 0 bridgehead atoms. The van der Waals surface area contributed by atoms with Gasteiger partial charge in [-0.1, -0.05) is 12.1 Å². The molecule has 19 heavy (non-hydrogen) atoms. The Morgan fingerprint density at radius 2 is 1.95 bits per heavy atom. The van der Waals surface area contributed by atoms with E-state index in [-0.39, 0.29) is 22.5 Å². The van der Waals surface area contributed by atoms with E-state index in [2.05, 4.69) is 4.98 Å². The zero-order valence-electron chi connectivity index (χ0n) is 9.57. The van der Waals surface area contributed by atoms with Crippen LogP contribution in [-0.2, 0) is 6.18 Å². The topological polar surface area (TPSA) is 62.7 Å². The molecule has 0 aliphatic carbocycles. The third-order valence-electron chi connectivity index (χ3n) is 2.54. The van der Waals surface area contributed by atoms with Gasteiger partial charge in [-0.25, -0.2) is 0 Å². The molecule has 1 heterocycles. The van der Waals surface area contributed by atoms with Gasteiger partial charge < -0.3 is 5.73 Å². The van der Waals surface area contributed by atoms with Gasteiger partial charge in [0.05, 0.1) is 28.7 Å². The number of nitriles is 1. The van der Waals surface area contributed by atoms with E-state index in [1.165, 1.54) is 24.4 Å². The zero-order chi connectivity index (χ0) is 14.0. The molecule has 2 rings (SSSR count). The van der Waals surface area contributed by atoms with E-state index in [4.69, 9.17) is 11.0 Å². The SMILES string of the molecule is N#Cc1cc(-c2cccc(C(F)(F)F)c2)ncc1N. The molecular weight excluding hydrogens is 255 g/mol. The lowest BCUT2D eigenvalue weighted by molar-refractivity contribution is -0.137. The van der Waals surface area contributed by atoms with Crippen molar-refractivity contribution < 1.29 is 13.2 Å². The number of aromatic nitrogens is 1. The molecule has 3 nitrogen and oxygen atoms in total. The van der Waals surface area contributed by atoms with Crippen LogP contribution in [0, 0.1) is 11.3 Å². The molecule has 2 aromatic rings. The Bertz CT molecular complexity index is 657. The molecule has 0 saturated carbocycles. The standard InChI is InChI=1S/C13H8F3N3/c14-13(15,16)10-3-1-2-8(4-10)12-5-9(6-17)11(18)7-19-12/h1-5,7H,18H2. The van der Waals surface area contributed by atoms with Crippen molar-refractivity contribution in [3.05, 3.63) is 47.7 Å². The molecule has 0 amide bonds. The van der Waals surface area contributed by atoms with Gasteiger partial charge in [-0.05, 0) is 18.2 Å². The molecule has 0 atom stereocenters. The Labute approximate surface area is 107 Å². The van der Waals surface area contributed by atoms with E-state index >= 15 is 0 Å². The first-order valence-corrected chi connectivity index (χ1v) is 5.25. The van der Waals surface area contributed by atoms with Gasteiger partial charge in [0.15, 0.2) is 0 Å². The third-order valence-corrected chi connectivity index (χ3v) is 2.54. The van der Waals surface area contributed by atoms with Gasteiger partial charge >= 0.3 is 6.18 Å². The lowest BCUT2D eigenvalue weighted by Gasteiger charge is -2.08. The van der Waals surface area contributed by atoms with Gasteiger partial charge in [-0.15, -0.1) is 0 Å². The highest BCUT2D eigenvalue weighted by Crippen LogP contribution is 2.32. The maximum Gasteiger partial charge on any atom is 0.416 e. The molecule has 0 fully saturated rings. The maximum atomic E-state index is 12.6. The van der Waals surface area contributed by atoms with Crippen molar-refractivity contribution in [3.63, 3.8) is 0 Å². The van der Waals surface area contributed by atoms with Crippen LogP contribution in [-0.4, -0.2) is 4.98 Å². The quantitative estimate of drug-likeness (QED) is 0.859. The van der Waals surface area contributed by atoms with Gasteiger partial charge in [0, 0.05) is 5.56 Å². The summed E-state index contributed by atoms with van der Waals surface area (Å²) in [6.07, 6.45) is -3.16. The lowest BCUT2D eigenvalue weighted by atomic mass is 10.1. The fourth-order valence-electron chi connectivity index (χ4n) is 1.58. The molecule has 0 aliphatic rings. The molecule has 1 aromatic heterocycles. The minimum absolute atomic E-state index is 0.183. The second-order valence-corrected chi connectivity index (χ2v) is 3.85. The highest BCUT2D eigenvalue weighted by Gasteiger charge is 2.30. The van der Waals surface area contributed by atoms with Crippen molar-refractivity contribution >= 4 is 5.69 Å². The van der Waals surface area contributed by atoms with Crippen molar-refractivity contribution in [2.24, 2.45) is 0 Å². The largest absolute Gasteiger partial charge is 0.416 e. The van der Waals surface area contributed by atoms with Crippen molar-refractivity contribution in [1.29, 1.82) is 5.26 Å². The van der Waals surface area contributed by atoms with Crippen LogP contribution >= 0.6 is 0 Å². The molecule has 0 spiro atoms. The average molecular weight is 263 g/mol. The second-order valence-electron chi connectivity index (χ2n) is 3.85. The van der Waals surface area contributed by atoms with E-state index in [9.17, 15) is 13.2 Å². The monoisotopic (exact) mass is 263 g/mol. The predicted molar refractivity (Wildman–Crippen MR) is 63.8 cm³/mol. The summed E-state index contributed by atoms with van der Waals surface area (Å²) in [6.45, 7) is 0. The molecule has 0 saturated heterocycles. The van der Waals surface area contributed by atoms with Crippen LogP contribution < -0.4 is 5.73 Å². The summed E-state index contributed by atoms with van der Waals surface area (Å²) in [6, 6.07) is 7.98. The van der Waals surface area contributed by atoms with E-state index in [0.717, 1.165) is 12.1 Å². The third kappa shape index (κ3) is 2.65. The summed E-state index contributed by atoms with van der Waals surface area (Å²) < 4.78 is 37.8. The van der Waals surface area contributed by atoms with E-state index in [1.807, 2.05) is 6.07 Å². The Morgan fingerprint density at radius 3 is 2.58 bits per heavy atom. The molecule has 1 aromatic carbocycles. The number of rotatable bonds is 1. The number of nitrogens with two attached hydrogens (primary N) is 1. The second kappa shape index (κ2) is 4.61. The molecule has 0 radical (unpaired) electrons. The first-order chi connectivity index (χ1) is 8.91. The summed E-state index contributed by atoms with van der Waals surface area (Å²) in [4.78, 5) is 3.94. The zero-order valence-corrected chi connectivity index (χ0v) is 9.57. The Morgan fingerprint density at radius 1 is 1.21 bits per heavy atom. The van der Waals surface area contributed by atoms with Gasteiger partial charge in [0.1, 0.15) is 6.07 Å². The Kier molecular flexibility index (Phi) is 3.13. The first-order valence-electron chi connectivity index (χ1n) is 5.25. The van der Waals surface area contributed by atoms with Crippen molar-refractivity contribution in [2.45, 2.75) is 6.18 Å². The average Bonchev–Trinajstić information content (AvgIpc) is 2.38. The summed E-state index contributed by atoms with van der Waals surface area (Å²) in [5.74, 6) is 0. The maximum absolute atomic E-state index is 12.6. The summed E-state index contributed by atoms with van der Waals surface area (Å²) in [7, 11) is 0. The number of halogens is 3. The first kappa shape index (κ1) is 12.9. The minimum Gasteiger partial charge on any atom is -0.396 e. The van der Waals surface area contributed by atoms with Gasteiger partial charge in [0.2, 0.25) is 0 Å². The smallest absolute Gasteiger partial charge is 0.396 e. The van der Waals surface area contributed by atoms with Crippen LogP contribution in [0.25, 0.3) is 11.3 Å². The fourth-order valence-corrected chi connectivity index (χ4v) is 1.58. The van der Waals surface area contributed by atoms with Crippen LogP contribution in [0.15, 0.2) is 36.5 Å². The number of pyridine rings is 1. The van der Waals surface area contributed by atoms with E-state index < -0.39 is 11.7 Å². The number of nitrogens with zero attached hydrogens (tertiary/aromatic N) is 2. The molecule has 0 aliphatic heterocycles. The van der Waals surface area contributed by atoms with Gasteiger partial charge in [-0.3, -0.25) is 4.98 Å². The van der Waals surface area contributed by atoms with Crippen LogP contribution in [0.1, 0.15) is 11.1 Å². The normalized spacial score (nSPS) is 11.1. The molecule has 6 heteroatoms. The highest BCUT2D eigenvalue weighted by molar-refractivity contribution is 5.66. The van der Waals surface area contributed by atoms with E-state index in [0.29, 0.717) is 0 Å². The summed E-state index contributed by atoms with van der Waals surface area (Å²) in [5, 5.41) is 8.84. The molecule has 2 N–H and O–H groups in total. The lowest BCUT2D eigenvalue weighted by Crippen LogP contribution is -2.04. The van der Waals surface area contributed by atoms with Crippen LogP contribution in [0.4, 0.5) is 18.9 Å². The number of hydrogen-bond acceptors (Lipinski definition) is 3. The van der Waals surface area contributed by atoms with Crippen molar-refractivity contribution in [3.8, 4) is 17.3 Å². The highest BCUT2D eigenvalue weighted by atomic mass is 19.4. The summed E-state index contributed by atoms with van der Waals surface area (Å²) >= 11 is 0. The van der Waals surface area contributed by atoms with Crippen LogP contribution in [0.2, 0.25) is 0 Å². The molecule has 96 valence electrons. The van der Waals surface area contributed by atoms with Crippen molar-refractivity contribution in [2.75, 3.05) is 5.73 Å². The van der Waals surface area contributed by atoms with Crippen LogP contribution in [0.5, 0.6) is 0 Å². The minimum atomic E-state index is -4.41. The van der Waals surface area contributed by atoms with Gasteiger partial charge in [-0.2, -0.15) is 18.4 Å². The predicted octanol–water partition coefficient (Wildman–Crippen LogP) is 3.22.